The largest absolute Gasteiger partial charge is 0.476 e. The zero-order chi connectivity index (χ0) is 19.2. The minimum atomic E-state index is -1.11. The molecule has 1 aliphatic rings. The molecular formula is C20H20N2O3S2. The van der Waals surface area contributed by atoms with Crippen LogP contribution >= 0.6 is 23.5 Å². The Morgan fingerprint density at radius 3 is 2.63 bits per heavy atom. The van der Waals surface area contributed by atoms with Crippen molar-refractivity contribution < 1.29 is 14.7 Å². The molecule has 0 saturated carbocycles. The van der Waals surface area contributed by atoms with Crippen LogP contribution in [0.15, 0.2) is 65.5 Å². The van der Waals surface area contributed by atoms with Crippen molar-refractivity contribution in [1.82, 2.24) is 5.32 Å². The molecule has 140 valence electrons. The molecule has 0 spiro atoms. The molecule has 2 N–H and O–H groups in total. The van der Waals surface area contributed by atoms with Gasteiger partial charge in [-0.1, -0.05) is 71.5 Å². The molecule has 27 heavy (non-hydrogen) atoms. The van der Waals surface area contributed by atoms with Gasteiger partial charge in [0.05, 0.1) is 0 Å². The maximum atomic E-state index is 11.5. The molecule has 1 unspecified atom stereocenters. The van der Waals surface area contributed by atoms with Gasteiger partial charge in [0.25, 0.3) is 0 Å². The van der Waals surface area contributed by atoms with E-state index in [1.54, 1.807) is 35.7 Å². The number of nitrogens with zero attached hydrogens (tertiary/aromatic N) is 1. The predicted octanol–water partition coefficient (Wildman–Crippen LogP) is 4.36. The number of carboxylic acids is 1. The highest BCUT2D eigenvalue weighted by molar-refractivity contribution is 8.21. The summed E-state index contributed by atoms with van der Waals surface area (Å²) in [7, 11) is 1.35. The number of hydrogen-bond donors (Lipinski definition) is 2. The van der Waals surface area contributed by atoms with Gasteiger partial charge in [0.15, 0.2) is 5.71 Å². The van der Waals surface area contributed by atoms with E-state index in [1.807, 2.05) is 30.3 Å². The van der Waals surface area contributed by atoms with Gasteiger partial charge in [-0.2, -0.15) is 0 Å². The van der Waals surface area contributed by atoms with Gasteiger partial charge in [-0.3, -0.25) is 0 Å². The Balaban J connectivity index is 1.71. The Bertz CT molecular complexity index is 882. The first-order valence-corrected chi connectivity index (χ1v) is 10.3. The minimum absolute atomic E-state index is 0.0833. The van der Waals surface area contributed by atoms with Gasteiger partial charge in [0.1, 0.15) is 11.8 Å². The molecule has 5 nitrogen and oxygen atoms in total. The lowest BCUT2D eigenvalue weighted by molar-refractivity contribution is -0.129. The molecule has 1 heterocycles. The molecule has 0 radical (unpaired) electrons. The molecule has 2 aromatic carbocycles. The van der Waals surface area contributed by atoms with Crippen molar-refractivity contribution in [2.45, 2.75) is 17.4 Å². The highest BCUT2D eigenvalue weighted by Gasteiger charge is 2.24. The summed E-state index contributed by atoms with van der Waals surface area (Å²) in [6.45, 7) is 2.08. The molecule has 7 heteroatoms. The van der Waals surface area contributed by atoms with E-state index in [0.717, 1.165) is 11.3 Å². The first kappa shape index (κ1) is 19.4. The Labute approximate surface area is 166 Å². The highest BCUT2D eigenvalue weighted by atomic mass is 32.2. The van der Waals surface area contributed by atoms with Gasteiger partial charge < -0.3 is 15.3 Å². The number of rotatable bonds is 7. The predicted molar refractivity (Wildman–Crippen MR) is 112 cm³/mol. The second-order valence-electron chi connectivity index (χ2n) is 5.81. The lowest BCUT2D eigenvalue weighted by Crippen LogP contribution is -2.18. The van der Waals surface area contributed by atoms with Crippen molar-refractivity contribution >= 4 is 40.1 Å². The summed E-state index contributed by atoms with van der Waals surface area (Å²) in [5.74, 6) is -0.446. The average Bonchev–Trinajstić information content (AvgIpc) is 3.06. The Morgan fingerprint density at radius 1 is 1.22 bits per heavy atom. The maximum Gasteiger partial charge on any atom is 0.358 e. The third kappa shape index (κ3) is 4.67. The summed E-state index contributed by atoms with van der Waals surface area (Å²) < 4.78 is 0.168. The Morgan fingerprint density at radius 2 is 1.93 bits per heavy atom. The summed E-state index contributed by atoms with van der Waals surface area (Å²) in [5.41, 5.74) is 3.77. The molecule has 0 amide bonds. The summed E-state index contributed by atoms with van der Waals surface area (Å²) in [6.07, 6.45) is 0. The number of aliphatic carboxylic acids is 1. The molecule has 2 aromatic rings. The van der Waals surface area contributed by atoms with Crippen LogP contribution in [0.25, 0.3) is 4.91 Å². The average molecular weight is 401 g/mol. The molecule has 0 fully saturated rings. The molecule has 0 aromatic heterocycles. The van der Waals surface area contributed by atoms with E-state index in [9.17, 15) is 9.90 Å². The van der Waals surface area contributed by atoms with E-state index in [0.29, 0.717) is 11.3 Å². The summed E-state index contributed by atoms with van der Waals surface area (Å²) in [4.78, 5) is 17.5. The fourth-order valence-electron chi connectivity index (χ4n) is 2.75. The fraction of sp³-hybridized carbons (Fsp3) is 0.200. The van der Waals surface area contributed by atoms with Crippen LogP contribution in [0.5, 0.6) is 0 Å². The quantitative estimate of drug-likeness (QED) is 0.531. The normalized spacial score (nSPS) is 17.0. The van der Waals surface area contributed by atoms with Crippen molar-refractivity contribution in [1.29, 1.82) is 0 Å². The van der Waals surface area contributed by atoms with E-state index >= 15 is 0 Å². The molecule has 3 rings (SSSR count). The van der Waals surface area contributed by atoms with Crippen molar-refractivity contribution in [3.8, 4) is 0 Å². The summed E-state index contributed by atoms with van der Waals surface area (Å²) in [5, 5.41) is 16.6. The molecule has 1 atom stereocenters. The topological polar surface area (TPSA) is 70.9 Å². The number of carbonyl (C=O) groups is 1. The zero-order valence-corrected chi connectivity index (χ0v) is 16.6. The molecule has 0 bridgehead atoms. The van der Waals surface area contributed by atoms with Crippen molar-refractivity contribution in [3.63, 3.8) is 0 Å². The van der Waals surface area contributed by atoms with E-state index in [2.05, 4.69) is 29.5 Å². The van der Waals surface area contributed by atoms with Crippen LogP contribution in [-0.2, 0) is 15.4 Å². The maximum absolute atomic E-state index is 11.5. The van der Waals surface area contributed by atoms with Gasteiger partial charge in [-0.25, -0.2) is 4.79 Å². The molecule has 0 aliphatic carbocycles. The Hall–Kier alpha value is -2.38. The number of nitrogens with one attached hydrogen (secondary N) is 1. The number of carboxylic acid groups (broad SMARTS) is 1. The first-order chi connectivity index (χ1) is 13.1. The SMILES string of the molecule is CO/N=C(/C(=O)O)c1ccccc1CSC1NC(C)=C(c2ccccc2)S1. The molecule has 1 aliphatic heterocycles. The van der Waals surface area contributed by atoms with Crippen molar-refractivity contribution in [2.75, 3.05) is 7.11 Å². The summed E-state index contributed by atoms with van der Waals surface area (Å²) >= 11 is 3.50. The van der Waals surface area contributed by atoms with E-state index in [4.69, 9.17) is 4.84 Å². The third-order valence-corrected chi connectivity index (χ3v) is 6.69. The van der Waals surface area contributed by atoms with Crippen LogP contribution in [0.3, 0.4) is 0 Å². The van der Waals surface area contributed by atoms with Crippen LogP contribution in [0.1, 0.15) is 23.6 Å². The number of thioether (sulfide) groups is 2. The second-order valence-corrected chi connectivity index (χ2v) is 8.32. The lowest BCUT2D eigenvalue weighted by Gasteiger charge is -2.13. The Kier molecular flexibility index (Phi) is 6.47. The second kappa shape index (κ2) is 9.01. The van der Waals surface area contributed by atoms with Gasteiger partial charge in [0, 0.05) is 21.9 Å². The minimum Gasteiger partial charge on any atom is -0.476 e. The zero-order valence-electron chi connectivity index (χ0n) is 15.0. The number of benzene rings is 2. The highest BCUT2D eigenvalue weighted by Crippen LogP contribution is 2.43. The molecule has 0 saturated heterocycles. The third-order valence-electron chi connectivity index (χ3n) is 3.98. The van der Waals surface area contributed by atoms with Crippen LogP contribution in [-0.4, -0.2) is 28.6 Å². The summed E-state index contributed by atoms with van der Waals surface area (Å²) in [6, 6.07) is 17.7. The van der Waals surface area contributed by atoms with Gasteiger partial charge >= 0.3 is 5.97 Å². The van der Waals surface area contributed by atoms with Gasteiger partial charge in [-0.05, 0) is 18.1 Å². The lowest BCUT2D eigenvalue weighted by atomic mass is 10.0. The number of oxime groups is 1. The standard InChI is InChI=1S/C20H20N2O3S2/c1-13-18(14-8-4-3-5-9-14)27-20(21-13)26-12-15-10-6-7-11-16(15)17(19(23)24)22-25-2/h3-11,20-21H,12H2,1-2H3,(H,23,24)/b22-17+. The van der Waals surface area contributed by atoms with E-state index in [1.165, 1.54) is 17.6 Å². The fourth-order valence-corrected chi connectivity index (χ4v) is 5.32. The van der Waals surface area contributed by atoms with Crippen LogP contribution < -0.4 is 5.32 Å². The van der Waals surface area contributed by atoms with Crippen molar-refractivity contribution in [3.05, 3.63) is 77.0 Å². The molecular weight excluding hydrogens is 380 g/mol. The number of allylic oxidation sites excluding steroid dienone is 1. The number of hydrogen-bond acceptors (Lipinski definition) is 6. The monoisotopic (exact) mass is 400 g/mol. The van der Waals surface area contributed by atoms with Crippen LogP contribution in [0, 0.1) is 0 Å². The smallest absolute Gasteiger partial charge is 0.358 e. The van der Waals surface area contributed by atoms with Crippen LogP contribution in [0.4, 0.5) is 0 Å². The van der Waals surface area contributed by atoms with Gasteiger partial charge in [-0.15, -0.1) is 11.8 Å². The van der Waals surface area contributed by atoms with E-state index in [-0.39, 0.29) is 10.4 Å². The van der Waals surface area contributed by atoms with E-state index < -0.39 is 5.97 Å². The first-order valence-electron chi connectivity index (χ1n) is 8.34. The van der Waals surface area contributed by atoms with Gasteiger partial charge in [0.2, 0.25) is 0 Å². The van der Waals surface area contributed by atoms with Crippen LogP contribution in [0.2, 0.25) is 0 Å². The van der Waals surface area contributed by atoms with Crippen molar-refractivity contribution in [2.24, 2.45) is 5.16 Å².